The van der Waals surface area contributed by atoms with E-state index in [-0.39, 0.29) is 5.91 Å². The van der Waals surface area contributed by atoms with Gasteiger partial charge in [0.25, 0.3) is 0 Å². The van der Waals surface area contributed by atoms with Crippen molar-refractivity contribution in [1.29, 1.82) is 0 Å². The van der Waals surface area contributed by atoms with Crippen LogP contribution in [0.15, 0.2) is 47.4 Å². The molecule has 0 aromatic heterocycles. The third-order valence-electron chi connectivity index (χ3n) is 5.05. The summed E-state index contributed by atoms with van der Waals surface area (Å²) in [6.45, 7) is -0.324. The molecule has 0 aliphatic carbocycles. The number of benzene rings is 2. The van der Waals surface area contributed by atoms with E-state index in [4.69, 9.17) is 0 Å². The second-order valence-corrected chi connectivity index (χ2v) is 8.75. The minimum atomic E-state index is -4.56. The highest BCUT2D eigenvalue weighted by Crippen LogP contribution is 2.36. The zero-order chi connectivity index (χ0) is 21.5. The Bertz CT molecular complexity index is 1110. The number of nitrogens with zero attached hydrogens (tertiary/aromatic N) is 1. The van der Waals surface area contributed by atoms with Gasteiger partial charge in [0.1, 0.15) is 17.7 Å². The lowest BCUT2D eigenvalue weighted by atomic mass is 10.1. The molecule has 3 N–H and O–H groups in total. The number of carbonyl (C=O) groups excluding carboxylic acids is 2. The first kappa shape index (κ1) is 20.2. The SMILES string of the molecule is O=C(CNS(=O)(=O)c1c(F)cccc1F)NC1CC2C(=O)Nc3ccccc3N2C1. The number of anilines is 2. The van der Waals surface area contributed by atoms with Gasteiger partial charge in [0.2, 0.25) is 21.8 Å². The number of halogens is 2. The van der Waals surface area contributed by atoms with E-state index in [1.807, 2.05) is 21.8 Å². The van der Waals surface area contributed by atoms with Crippen molar-refractivity contribution >= 4 is 33.2 Å². The molecule has 2 aromatic carbocycles. The summed E-state index contributed by atoms with van der Waals surface area (Å²) in [5, 5.41) is 5.49. The van der Waals surface area contributed by atoms with Crippen molar-refractivity contribution in [2.24, 2.45) is 0 Å². The maximum atomic E-state index is 13.7. The number of rotatable bonds is 5. The molecule has 2 aromatic rings. The van der Waals surface area contributed by atoms with Crippen LogP contribution in [0.4, 0.5) is 20.2 Å². The van der Waals surface area contributed by atoms with Gasteiger partial charge in [-0.25, -0.2) is 21.9 Å². The van der Waals surface area contributed by atoms with Gasteiger partial charge in [-0.15, -0.1) is 0 Å². The predicted molar refractivity (Wildman–Crippen MR) is 104 cm³/mol. The van der Waals surface area contributed by atoms with Gasteiger partial charge in [0, 0.05) is 12.6 Å². The quantitative estimate of drug-likeness (QED) is 0.647. The first-order valence-electron chi connectivity index (χ1n) is 9.16. The van der Waals surface area contributed by atoms with Crippen molar-refractivity contribution in [1.82, 2.24) is 10.0 Å². The summed E-state index contributed by atoms with van der Waals surface area (Å²) in [6.07, 6.45) is 0.348. The van der Waals surface area contributed by atoms with Crippen LogP contribution in [0, 0.1) is 11.6 Å². The van der Waals surface area contributed by atoms with Gasteiger partial charge in [-0.3, -0.25) is 9.59 Å². The number of nitrogens with one attached hydrogen (secondary N) is 3. The highest BCUT2D eigenvalue weighted by atomic mass is 32.2. The Morgan fingerprint density at radius 1 is 1.13 bits per heavy atom. The van der Waals surface area contributed by atoms with E-state index in [0.29, 0.717) is 18.7 Å². The van der Waals surface area contributed by atoms with Crippen molar-refractivity contribution < 1.29 is 26.8 Å². The maximum absolute atomic E-state index is 13.7. The molecule has 0 bridgehead atoms. The fourth-order valence-electron chi connectivity index (χ4n) is 3.75. The van der Waals surface area contributed by atoms with Gasteiger partial charge < -0.3 is 15.5 Å². The van der Waals surface area contributed by atoms with E-state index in [1.54, 1.807) is 12.1 Å². The third-order valence-corrected chi connectivity index (χ3v) is 6.50. The van der Waals surface area contributed by atoms with E-state index in [0.717, 1.165) is 23.9 Å². The lowest BCUT2D eigenvalue weighted by Crippen LogP contribution is -2.44. The molecule has 2 aliphatic rings. The molecule has 1 saturated heterocycles. The molecule has 4 rings (SSSR count). The lowest BCUT2D eigenvalue weighted by Gasteiger charge is -2.32. The minimum Gasteiger partial charge on any atom is -0.356 e. The number of para-hydroxylation sites is 2. The van der Waals surface area contributed by atoms with E-state index in [2.05, 4.69) is 10.6 Å². The summed E-state index contributed by atoms with van der Waals surface area (Å²) in [5.41, 5.74) is 1.53. The Hall–Kier alpha value is -3.05. The van der Waals surface area contributed by atoms with Crippen LogP contribution in [-0.4, -0.2) is 45.4 Å². The molecular weight excluding hydrogens is 418 g/mol. The largest absolute Gasteiger partial charge is 0.356 e. The number of fused-ring (bicyclic) bond motifs is 3. The van der Waals surface area contributed by atoms with Gasteiger partial charge in [0.15, 0.2) is 4.90 Å². The molecule has 0 spiro atoms. The normalized spacial score (nSPS) is 20.3. The van der Waals surface area contributed by atoms with E-state index < -0.39 is 51.1 Å². The Morgan fingerprint density at radius 3 is 2.57 bits per heavy atom. The van der Waals surface area contributed by atoms with Crippen LogP contribution < -0.4 is 20.3 Å². The van der Waals surface area contributed by atoms with Crippen LogP contribution in [0.1, 0.15) is 6.42 Å². The van der Waals surface area contributed by atoms with Crippen LogP contribution in [-0.2, 0) is 19.6 Å². The van der Waals surface area contributed by atoms with Crippen LogP contribution in [0.2, 0.25) is 0 Å². The molecule has 2 amide bonds. The van der Waals surface area contributed by atoms with Gasteiger partial charge in [-0.1, -0.05) is 18.2 Å². The highest BCUT2D eigenvalue weighted by molar-refractivity contribution is 7.89. The molecule has 11 heteroatoms. The summed E-state index contributed by atoms with van der Waals surface area (Å²) < 4.78 is 53.7. The fraction of sp³-hybridized carbons (Fsp3) is 0.263. The Labute approximate surface area is 171 Å². The summed E-state index contributed by atoms with van der Waals surface area (Å²) >= 11 is 0. The van der Waals surface area contributed by atoms with Crippen LogP contribution in [0.3, 0.4) is 0 Å². The molecule has 158 valence electrons. The van der Waals surface area contributed by atoms with Crippen molar-refractivity contribution in [3.8, 4) is 0 Å². The number of amides is 2. The fourth-order valence-corrected chi connectivity index (χ4v) is 4.87. The van der Waals surface area contributed by atoms with Gasteiger partial charge in [-0.05, 0) is 30.7 Å². The number of carbonyl (C=O) groups is 2. The second kappa shape index (κ2) is 7.65. The first-order valence-corrected chi connectivity index (χ1v) is 10.6. The average Bonchev–Trinajstić information content (AvgIpc) is 3.11. The minimum absolute atomic E-state index is 0.179. The average molecular weight is 436 g/mol. The van der Waals surface area contributed by atoms with Gasteiger partial charge >= 0.3 is 0 Å². The molecule has 2 unspecified atom stereocenters. The zero-order valence-electron chi connectivity index (χ0n) is 15.6. The van der Waals surface area contributed by atoms with Crippen molar-refractivity contribution in [3.63, 3.8) is 0 Å². The molecule has 8 nitrogen and oxygen atoms in total. The Morgan fingerprint density at radius 2 is 1.83 bits per heavy atom. The van der Waals surface area contributed by atoms with E-state index in [1.165, 1.54) is 0 Å². The Balaban J connectivity index is 1.39. The van der Waals surface area contributed by atoms with Crippen LogP contribution in [0.25, 0.3) is 0 Å². The van der Waals surface area contributed by atoms with Crippen LogP contribution >= 0.6 is 0 Å². The molecule has 1 fully saturated rings. The molecule has 30 heavy (non-hydrogen) atoms. The smallest absolute Gasteiger partial charge is 0.247 e. The summed E-state index contributed by atoms with van der Waals surface area (Å²) in [4.78, 5) is 25.3. The second-order valence-electron chi connectivity index (χ2n) is 7.05. The molecular formula is C19H18F2N4O4S. The molecule has 2 atom stereocenters. The van der Waals surface area contributed by atoms with E-state index >= 15 is 0 Å². The molecule has 0 radical (unpaired) electrons. The first-order chi connectivity index (χ1) is 14.3. The molecule has 2 heterocycles. The lowest BCUT2D eigenvalue weighted by molar-refractivity contribution is -0.121. The number of hydrogen-bond acceptors (Lipinski definition) is 5. The zero-order valence-corrected chi connectivity index (χ0v) is 16.4. The maximum Gasteiger partial charge on any atom is 0.247 e. The topological polar surface area (TPSA) is 108 Å². The van der Waals surface area contributed by atoms with E-state index in [9.17, 15) is 26.8 Å². The highest BCUT2D eigenvalue weighted by Gasteiger charge is 2.41. The molecule has 2 aliphatic heterocycles. The van der Waals surface area contributed by atoms with Gasteiger partial charge in [-0.2, -0.15) is 0 Å². The number of hydrogen-bond donors (Lipinski definition) is 3. The van der Waals surface area contributed by atoms with Gasteiger partial charge in [0.05, 0.1) is 17.9 Å². The van der Waals surface area contributed by atoms with Crippen molar-refractivity contribution in [2.45, 2.75) is 23.4 Å². The predicted octanol–water partition coefficient (Wildman–Crippen LogP) is 0.959. The van der Waals surface area contributed by atoms with Crippen molar-refractivity contribution in [2.75, 3.05) is 23.3 Å². The van der Waals surface area contributed by atoms with Crippen LogP contribution in [0.5, 0.6) is 0 Å². The molecule has 0 saturated carbocycles. The number of sulfonamides is 1. The summed E-state index contributed by atoms with van der Waals surface area (Å²) in [6, 6.07) is 9.12. The monoisotopic (exact) mass is 436 g/mol. The summed E-state index contributed by atoms with van der Waals surface area (Å²) in [7, 11) is -4.56. The Kier molecular flexibility index (Phi) is 5.16. The van der Waals surface area contributed by atoms with Crippen molar-refractivity contribution in [3.05, 3.63) is 54.1 Å². The standard InChI is InChI=1S/C19H18F2N4O4S/c20-12-4-3-5-13(21)18(12)30(28,29)22-9-17(26)23-11-8-16-19(27)24-14-6-1-2-7-15(14)25(16)10-11/h1-7,11,16,22H,8-10H2,(H,23,26)(H,24,27). The summed E-state index contributed by atoms with van der Waals surface area (Å²) in [5.74, 6) is -3.35. The third kappa shape index (κ3) is 3.73.